The van der Waals surface area contributed by atoms with E-state index < -0.39 is 0 Å². The Morgan fingerprint density at radius 2 is 2.24 bits per heavy atom. The van der Waals surface area contributed by atoms with Crippen LogP contribution in [0, 0.1) is 6.92 Å². The largest absolute Gasteiger partial charge is 0.384 e. The van der Waals surface area contributed by atoms with E-state index in [9.17, 15) is 4.79 Å². The molecule has 88 valence electrons. The monoisotopic (exact) mass is 293 g/mol. The number of hydrogen-bond acceptors (Lipinski definition) is 3. The van der Waals surface area contributed by atoms with E-state index in [1.54, 1.807) is 29.8 Å². The van der Waals surface area contributed by atoms with Crippen LogP contribution in [0.2, 0.25) is 0 Å². The van der Waals surface area contributed by atoms with Crippen molar-refractivity contribution in [2.75, 3.05) is 5.73 Å². The van der Waals surface area contributed by atoms with Crippen LogP contribution >= 0.6 is 15.9 Å². The van der Waals surface area contributed by atoms with Crippen molar-refractivity contribution < 1.29 is 0 Å². The van der Waals surface area contributed by atoms with E-state index in [0.717, 1.165) is 10.2 Å². The van der Waals surface area contributed by atoms with Gasteiger partial charge in [0.15, 0.2) is 0 Å². The van der Waals surface area contributed by atoms with Gasteiger partial charge >= 0.3 is 0 Å². The summed E-state index contributed by atoms with van der Waals surface area (Å²) in [5.41, 5.74) is 7.05. The van der Waals surface area contributed by atoms with Gasteiger partial charge in [-0.1, -0.05) is 6.07 Å². The van der Waals surface area contributed by atoms with Crippen molar-refractivity contribution >= 4 is 21.7 Å². The maximum Gasteiger partial charge on any atom is 0.253 e. The van der Waals surface area contributed by atoms with Crippen molar-refractivity contribution in [3.63, 3.8) is 0 Å². The smallest absolute Gasteiger partial charge is 0.253 e. The molecule has 2 N–H and O–H groups in total. The van der Waals surface area contributed by atoms with E-state index in [-0.39, 0.29) is 5.56 Å². The Kier molecular flexibility index (Phi) is 3.28. The van der Waals surface area contributed by atoms with E-state index in [1.807, 2.05) is 12.1 Å². The lowest BCUT2D eigenvalue weighted by molar-refractivity contribution is 0.731. The van der Waals surface area contributed by atoms with Crippen LogP contribution in [0.4, 0.5) is 5.82 Å². The Balaban J connectivity index is 2.40. The Labute approximate surface area is 107 Å². The number of nitrogens with zero attached hydrogens (tertiary/aromatic N) is 2. The van der Waals surface area contributed by atoms with Crippen LogP contribution in [-0.4, -0.2) is 9.55 Å². The minimum absolute atomic E-state index is 0.0163. The van der Waals surface area contributed by atoms with Gasteiger partial charge in [-0.2, -0.15) is 0 Å². The maximum atomic E-state index is 11.9. The summed E-state index contributed by atoms with van der Waals surface area (Å²) in [7, 11) is 0. The summed E-state index contributed by atoms with van der Waals surface area (Å²) in [6, 6.07) is 7.19. The van der Waals surface area contributed by atoms with Crippen LogP contribution in [0.15, 0.2) is 39.7 Å². The molecule has 5 heteroatoms. The fraction of sp³-hybridized carbons (Fsp3) is 0.167. The number of nitrogens with two attached hydrogens (primary N) is 1. The van der Waals surface area contributed by atoms with Crippen LogP contribution in [0.25, 0.3) is 0 Å². The predicted octanol–water partition coefficient (Wildman–Crippen LogP) is 1.94. The van der Waals surface area contributed by atoms with Gasteiger partial charge in [0.2, 0.25) is 0 Å². The van der Waals surface area contributed by atoms with Crippen LogP contribution < -0.4 is 11.3 Å². The van der Waals surface area contributed by atoms with Gasteiger partial charge in [0.05, 0.1) is 12.2 Å². The summed E-state index contributed by atoms with van der Waals surface area (Å²) in [4.78, 5) is 16.1. The molecule has 2 heterocycles. The molecular formula is C12H12BrN3O. The number of nitrogen functional groups attached to an aromatic ring is 1. The Morgan fingerprint density at radius 1 is 1.47 bits per heavy atom. The zero-order valence-corrected chi connectivity index (χ0v) is 10.9. The first-order valence-electron chi connectivity index (χ1n) is 5.14. The lowest BCUT2D eigenvalue weighted by Gasteiger charge is -2.07. The van der Waals surface area contributed by atoms with Gasteiger partial charge in [-0.25, -0.2) is 4.98 Å². The van der Waals surface area contributed by atoms with Gasteiger partial charge < -0.3 is 10.3 Å². The number of anilines is 1. The summed E-state index contributed by atoms with van der Waals surface area (Å²) < 4.78 is 2.49. The highest BCUT2D eigenvalue weighted by molar-refractivity contribution is 9.10. The molecule has 0 spiro atoms. The second kappa shape index (κ2) is 4.71. The molecule has 0 saturated heterocycles. The maximum absolute atomic E-state index is 11.9. The Bertz CT molecular complexity index is 607. The molecule has 0 unspecified atom stereocenters. The quantitative estimate of drug-likeness (QED) is 0.921. The lowest BCUT2D eigenvalue weighted by Crippen LogP contribution is -2.22. The molecule has 2 rings (SSSR count). The molecule has 0 aliphatic rings. The Morgan fingerprint density at radius 3 is 2.94 bits per heavy atom. The predicted molar refractivity (Wildman–Crippen MR) is 70.9 cm³/mol. The highest BCUT2D eigenvalue weighted by atomic mass is 79.9. The third kappa shape index (κ3) is 2.74. The average Bonchev–Trinajstić information content (AvgIpc) is 2.25. The molecule has 0 bridgehead atoms. The molecule has 0 aliphatic carbocycles. The van der Waals surface area contributed by atoms with Crippen LogP contribution in [0.1, 0.15) is 11.3 Å². The van der Waals surface area contributed by atoms with Gasteiger partial charge in [-0.05, 0) is 41.1 Å². The molecule has 0 aliphatic heterocycles. The van der Waals surface area contributed by atoms with E-state index in [0.29, 0.717) is 17.9 Å². The minimum atomic E-state index is -0.0163. The van der Waals surface area contributed by atoms with Gasteiger partial charge in [0.25, 0.3) is 5.56 Å². The average molecular weight is 294 g/mol. The van der Waals surface area contributed by atoms with Crippen molar-refractivity contribution in [2.45, 2.75) is 13.5 Å². The molecule has 0 atom stereocenters. The summed E-state index contributed by atoms with van der Waals surface area (Å²) in [6.07, 6.45) is 1.75. The molecule has 0 saturated carbocycles. The molecular weight excluding hydrogens is 282 g/mol. The zero-order chi connectivity index (χ0) is 12.4. The lowest BCUT2D eigenvalue weighted by atomic mass is 10.3. The van der Waals surface area contributed by atoms with Gasteiger partial charge in [0, 0.05) is 16.2 Å². The van der Waals surface area contributed by atoms with Crippen LogP contribution in [-0.2, 0) is 6.54 Å². The van der Waals surface area contributed by atoms with Gasteiger partial charge in [-0.15, -0.1) is 0 Å². The van der Waals surface area contributed by atoms with E-state index >= 15 is 0 Å². The number of halogens is 1. The summed E-state index contributed by atoms with van der Waals surface area (Å²) in [6.45, 7) is 2.21. The molecule has 0 radical (unpaired) electrons. The highest BCUT2D eigenvalue weighted by Crippen LogP contribution is 2.09. The van der Waals surface area contributed by atoms with Crippen molar-refractivity contribution in [3.8, 4) is 0 Å². The van der Waals surface area contributed by atoms with Crippen molar-refractivity contribution in [1.82, 2.24) is 9.55 Å². The van der Waals surface area contributed by atoms with Crippen molar-refractivity contribution in [3.05, 3.63) is 56.5 Å². The molecule has 0 amide bonds. The molecule has 2 aromatic heterocycles. The first-order valence-corrected chi connectivity index (χ1v) is 5.93. The van der Waals surface area contributed by atoms with Gasteiger partial charge in [-0.3, -0.25) is 4.79 Å². The Hall–Kier alpha value is -1.62. The molecule has 0 aromatic carbocycles. The molecule has 0 fully saturated rings. The molecule has 4 nitrogen and oxygen atoms in total. The second-order valence-corrected chi connectivity index (χ2v) is 4.74. The number of aryl methyl sites for hydroxylation is 1. The number of rotatable bonds is 2. The standard InChI is InChI=1S/C12H12BrN3O/c1-8-5-9(13)6-16(12(8)17)7-10-3-2-4-11(14)15-10/h2-6H,7H2,1H3,(H2,14,15). The fourth-order valence-corrected chi connectivity index (χ4v) is 2.21. The SMILES string of the molecule is Cc1cc(Br)cn(Cc2cccc(N)n2)c1=O. The zero-order valence-electron chi connectivity index (χ0n) is 9.35. The van der Waals surface area contributed by atoms with E-state index in [2.05, 4.69) is 20.9 Å². The van der Waals surface area contributed by atoms with Crippen LogP contribution in [0.3, 0.4) is 0 Å². The fourth-order valence-electron chi connectivity index (χ4n) is 1.62. The third-order valence-electron chi connectivity index (χ3n) is 2.39. The second-order valence-electron chi connectivity index (χ2n) is 3.83. The summed E-state index contributed by atoms with van der Waals surface area (Å²) in [5.74, 6) is 0.460. The summed E-state index contributed by atoms with van der Waals surface area (Å²) >= 11 is 3.37. The van der Waals surface area contributed by atoms with E-state index in [4.69, 9.17) is 5.73 Å². The van der Waals surface area contributed by atoms with Crippen molar-refractivity contribution in [1.29, 1.82) is 0 Å². The number of hydrogen-bond donors (Lipinski definition) is 1. The van der Waals surface area contributed by atoms with Crippen molar-refractivity contribution in [2.24, 2.45) is 0 Å². The highest BCUT2D eigenvalue weighted by Gasteiger charge is 2.03. The minimum Gasteiger partial charge on any atom is -0.384 e. The number of aromatic nitrogens is 2. The van der Waals surface area contributed by atoms with Gasteiger partial charge in [0.1, 0.15) is 5.82 Å². The molecule has 2 aromatic rings. The first-order chi connectivity index (χ1) is 8.06. The summed E-state index contributed by atoms with van der Waals surface area (Å²) in [5, 5.41) is 0. The normalized spacial score (nSPS) is 10.5. The topological polar surface area (TPSA) is 60.9 Å². The first kappa shape index (κ1) is 11.9. The third-order valence-corrected chi connectivity index (χ3v) is 2.83. The number of pyridine rings is 2. The van der Waals surface area contributed by atoms with E-state index in [1.165, 1.54) is 0 Å². The molecule has 17 heavy (non-hydrogen) atoms. The van der Waals surface area contributed by atoms with Crippen LogP contribution in [0.5, 0.6) is 0 Å².